The number of likely N-dealkylation sites (N-methyl/N-ethyl adjacent to an activating group) is 1. The molecule has 0 spiro atoms. The molecule has 0 heterocycles. The molecule has 0 fully saturated rings. The van der Waals surface area contributed by atoms with Crippen molar-refractivity contribution in [3.8, 4) is 0 Å². The van der Waals surface area contributed by atoms with Crippen LogP contribution in [-0.2, 0) is 9.53 Å². The molecule has 1 amide bonds. The first-order chi connectivity index (χ1) is 7.58. The van der Waals surface area contributed by atoms with Crippen LogP contribution in [0.1, 0.15) is 27.7 Å². The van der Waals surface area contributed by atoms with E-state index in [4.69, 9.17) is 10.6 Å². The Morgan fingerprint density at radius 2 is 2.06 bits per heavy atom. The van der Waals surface area contributed by atoms with Gasteiger partial charge in [0.05, 0.1) is 12.5 Å². The lowest BCUT2D eigenvalue weighted by Crippen LogP contribution is -2.46. The second kappa shape index (κ2) is 8.50. The van der Waals surface area contributed by atoms with Crippen molar-refractivity contribution in [3.63, 3.8) is 0 Å². The second-order valence-corrected chi connectivity index (χ2v) is 3.86. The molecule has 0 aliphatic carbocycles. The van der Waals surface area contributed by atoms with Gasteiger partial charge in [0.2, 0.25) is 5.91 Å². The zero-order chi connectivity index (χ0) is 12.6. The number of carbonyl (C=O) groups is 1. The number of hydrazine groups is 1. The van der Waals surface area contributed by atoms with Crippen LogP contribution in [0, 0.1) is 5.92 Å². The van der Waals surface area contributed by atoms with E-state index in [1.807, 2.05) is 20.8 Å². The second-order valence-electron chi connectivity index (χ2n) is 3.86. The molecule has 0 rings (SSSR count). The average molecular weight is 231 g/mol. The summed E-state index contributed by atoms with van der Waals surface area (Å²) in [5.74, 6) is 4.89. The lowest BCUT2D eigenvalue weighted by Gasteiger charge is -2.31. The van der Waals surface area contributed by atoms with E-state index in [0.717, 1.165) is 19.7 Å². The van der Waals surface area contributed by atoms with Crippen molar-refractivity contribution in [2.45, 2.75) is 33.7 Å². The monoisotopic (exact) mass is 231 g/mol. The first-order valence-corrected chi connectivity index (χ1v) is 5.90. The smallest absolute Gasteiger partial charge is 0.238 e. The van der Waals surface area contributed by atoms with E-state index < -0.39 is 0 Å². The Morgan fingerprint density at radius 3 is 2.50 bits per heavy atom. The summed E-state index contributed by atoms with van der Waals surface area (Å²) in [6, 6.07) is 0.161. The van der Waals surface area contributed by atoms with Crippen LogP contribution in [0.3, 0.4) is 0 Å². The molecule has 0 aromatic rings. The number of hydrogen-bond donors (Lipinski definition) is 2. The van der Waals surface area contributed by atoms with Gasteiger partial charge in [-0.15, -0.1) is 0 Å². The summed E-state index contributed by atoms with van der Waals surface area (Å²) in [6.07, 6.45) is 0. The van der Waals surface area contributed by atoms with Crippen LogP contribution < -0.4 is 11.3 Å². The number of hydrogen-bond acceptors (Lipinski definition) is 4. The maximum atomic E-state index is 11.4. The highest BCUT2D eigenvalue weighted by Crippen LogP contribution is 2.10. The molecular weight excluding hydrogens is 206 g/mol. The summed E-state index contributed by atoms with van der Waals surface area (Å²) in [7, 11) is 0. The van der Waals surface area contributed by atoms with Crippen molar-refractivity contribution >= 4 is 5.91 Å². The summed E-state index contributed by atoms with van der Waals surface area (Å²) < 4.78 is 5.32. The zero-order valence-electron chi connectivity index (χ0n) is 10.8. The minimum Gasteiger partial charge on any atom is -0.380 e. The predicted molar refractivity (Wildman–Crippen MR) is 64.7 cm³/mol. The highest BCUT2D eigenvalue weighted by Gasteiger charge is 2.23. The van der Waals surface area contributed by atoms with Gasteiger partial charge in [0.25, 0.3) is 0 Å². The van der Waals surface area contributed by atoms with Gasteiger partial charge in [0, 0.05) is 19.2 Å². The normalized spacial score (nSPS) is 14.9. The first-order valence-electron chi connectivity index (χ1n) is 5.90. The van der Waals surface area contributed by atoms with Gasteiger partial charge >= 0.3 is 0 Å². The number of ether oxygens (including phenoxy) is 1. The summed E-state index contributed by atoms with van der Waals surface area (Å²) >= 11 is 0. The van der Waals surface area contributed by atoms with Crippen LogP contribution in [0.2, 0.25) is 0 Å². The van der Waals surface area contributed by atoms with Crippen LogP contribution in [0.5, 0.6) is 0 Å². The maximum absolute atomic E-state index is 11.4. The van der Waals surface area contributed by atoms with Gasteiger partial charge in [-0.3, -0.25) is 15.1 Å². The average Bonchev–Trinajstić information content (AvgIpc) is 2.32. The molecule has 2 unspecified atom stereocenters. The Hall–Kier alpha value is -0.650. The Balaban J connectivity index is 4.17. The van der Waals surface area contributed by atoms with Gasteiger partial charge in [0.15, 0.2) is 0 Å². The van der Waals surface area contributed by atoms with Gasteiger partial charge in [-0.2, -0.15) is 0 Å². The molecular formula is C11H25N3O2. The molecule has 2 atom stereocenters. The topological polar surface area (TPSA) is 67.6 Å². The van der Waals surface area contributed by atoms with E-state index in [0.29, 0.717) is 6.61 Å². The quantitative estimate of drug-likeness (QED) is 0.274. The summed E-state index contributed by atoms with van der Waals surface area (Å²) in [5.41, 5.74) is 2.20. The third-order valence-corrected chi connectivity index (χ3v) is 2.99. The molecule has 0 bridgehead atoms. The first kappa shape index (κ1) is 15.3. The van der Waals surface area contributed by atoms with Crippen molar-refractivity contribution in [3.05, 3.63) is 0 Å². The molecule has 0 saturated heterocycles. The van der Waals surface area contributed by atoms with E-state index in [1.165, 1.54) is 0 Å². The van der Waals surface area contributed by atoms with Crippen LogP contribution in [0.4, 0.5) is 0 Å². The van der Waals surface area contributed by atoms with Crippen LogP contribution >= 0.6 is 0 Å². The number of carbonyl (C=O) groups excluding carboxylic acids is 1. The Kier molecular flexibility index (Phi) is 8.15. The van der Waals surface area contributed by atoms with Crippen LogP contribution in [-0.4, -0.2) is 43.2 Å². The highest BCUT2D eigenvalue weighted by atomic mass is 16.5. The van der Waals surface area contributed by atoms with Gasteiger partial charge in [0.1, 0.15) is 0 Å². The molecule has 0 aromatic heterocycles. The van der Waals surface area contributed by atoms with Crippen LogP contribution in [0.15, 0.2) is 0 Å². The highest BCUT2D eigenvalue weighted by molar-refractivity contribution is 5.78. The third kappa shape index (κ3) is 4.92. The number of nitrogens with two attached hydrogens (primary N) is 1. The lowest BCUT2D eigenvalue weighted by atomic mass is 10.0. The Morgan fingerprint density at radius 1 is 1.44 bits per heavy atom. The minimum absolute atomic E-state index is 0.119. The molecule has 0 aliphatic heterocycles. The summed E-state index contributed by atoms with van der Waals surface area (Å²) in [4.78, 5) is 13.6. The van der Waals surface area contributed by atoms with Gasteiger partial charge in [-0.05, 0) is 20.4 Å². The summed E-state index contributed by atoms with van der Waals surface area (Å²) in [5, 5.41) is 0. The molecule has 96 valence electrons. The molecule has 0 saturated carbocycles. The fourth-order valence-electron chi connectivity index (χ4n) is 1.64. The molecule has 0 aromatic carbocycles. The Labute approximate surface area is 98.3 Å². The third-order valence-electron chi connectivity index (χ3n) is 2.99. The zero-order valence-corrected chi connectivity index (χ0v) is 10.8. The molecule has 5 heteroatoms. The van der Waals surface area contributed by atoms with E-state index in [2.05, 4.69) is 17.2 Å². The largest absolute Gasteiger partial charge is 0.380 e. The number of nitrogens with one attached hydrogen (secondary N) is 1. The SMILES string of the molecule is CCOCCN(CC)C(C)C(C)C(=O)NN. The fourth-order valence-corrected chi connectivity index (χ4v) is 1.64. The minimum atomic E-state index is -0.123. The molecule has 16 heavy (non-hydrogen) atoms. The van der Waals surface area contributed by atoms with E-state index >= 15 is 0 Å². The van der Waals surface area contributed by atoms with E-state index in [1.54, 1.807) is 0 Å². The van der Waals surface area contributed by atoms with Crippen molar-refractivity contribution in [2.24, 2.45) is 11.8 Å². The van der Waals surface area contributed by atoms with Gasteiger partial charge in [-0.25, -0.2) is 5.84 Å². The predicted octanol–water partition coefficient (Wildman–Crippen LogP) is 0.359. The summed E-state index contributed by atoms with van der Waals surface area (Å²) in [6.45, 7) is 11.1. The molecule has 5 nitrogen and oxygen atoms in total. The molecule has 0 radical (unpaired) electrons. The standard InChI is InChI=1S/C11H25N3O2/c1-5-14(7-8-16-6-2)10(4)9(3)11(15)13-12/h9-10H,5-8,12H2,1-4H3,(H,13,15). The van der Waals surface area contributed by atoms with E-state index in [9.17, 15) is 4.79 Å². The van der Waals surface area contributed by atoms with Gasteiger partial charge < -0.3 is 4.74 Å². The number of amides is 1. The molecule has 3 N–H and O–H groups in total. The lowest BCUT2D eigenvalue weighted by molar-refractivity contribution is -0.126. The van der Waals surface area contributed by atoms with E-state index in [-0.39, 0.29) is 17.9 Å². The van der Waals surface area contributed by atoms with Crippen molar-refractivity contribution in [1.29, 1.82) is 0 Å². The van der Waals surface area contributed by atoms with Crippen molar-refractivity contribution in [1.82, 2.24) is 10.3 Å². The van der Waals surface area contributed by atoms with Crippen molar-refractivity contribution < 1.29 is 9.53 Å². The fraction of sp³-hybridized carbons (Fsp3) is 0.909. The number of nitrogens with zero attached hydrogens (tertiary/aromatic N) is 1. The van der Waals surface area contributed by atoms with Gasteiger partial charge in [-0.1, -0.05) is 13.8 Å². The Bertz CT molecular complexity index is 200. The molecule has 0 aliphatic rings. The number of rotatable bonds is 8. The van der Waals surface area contributed by atoms with Crippen molar-refractivity contribution in [2.75, 3.05) is 26.3 Å². The van der Waals surface area contributed by atoms with Crippen LogP contribution in [0.25, 0.3) is 0 Å². The maximum Gasteiger partial charge on any atom is 0.238 e.